The van der Waals surface area contributed by atoms with Crippen LogP contribution in [0.15, 0.2) is 88.5 Å². The molecule has 0 aliphatic carbocycles. The first kappa shape index (κ1) is 40.7. The Bertz CT molecular complexity index is 2610. The van der Waals surface area contributed by atoms with E-state index in [0.29, 0.717) is 0 Å². The Balaban J connectivity index is 1.18. The number of ether oxygens (including phenoxy) is 2. The second-order valence-corrected chi connectivity index (χ2v) is 11.7. The summed E-state index contributed by atoms with van der Waals surface area (Å²) in [6, 6.07) is 6.06. The van der Waals surface area contributed by atoms with Gasteiger partial charge in [0.1, 0.15) is 11.5 Å². The van der Waals surface area contributed by atoms with Crippen LogP contribution < -0.4 is 42.3 Å². The lowest BCUT2D eigenvalue weighted by Gasteiger charge is -2.13. The lowest BCUT2D eigenvalue weighted by atomic mass is 10.1. The van der Waals surface area contributed by atoms with Crippen molar-refractivity contribution in [3.05, 3.63) is 101 Å². The normalized spacial score (nSPS) is 12.2. The molecule has 298 valence electrons. The third kappa shape index (κ3) is 9.25. The summed E-state index contributed by atoms with van der Waals surface area (Å²) in [5.41, 5.74) is -3.43. The van der Waals surface area contributed by atoms with Crippen molar-refractivity contribution in [3.8, 4) is 11.5 Å². The van der Waals surface area contributed by atoms with E-state index < -0.39 is 69.6 Å². The Morgan fingerprint density at radius 1 is 0.534 bits per heavy atom. The largest absolute Gasteiger partial charge is 0.494 e. The number of rotatable bonds is 14. The topological polar surface area (TPSA) is 344 Å². The van der Waals surface area contributed by atoms with Gasteiger partial charge in [-0.05, 0) is 50.2 Å². The number of aromatic amines is 4. The Kier molecular flexibility index (Phi) is 12.2. The van der Waals surface area contributed by atoms with Crippen LogP contribution >= 0.6 is 0 Å². The molecule has 2 unspecified atom stereocenters. The van der Waals surface area contributed by atoms with E-state index in [1.54, 1.807) is 0 Å². The number of Topliss-reactive ketones (excluding diaryl/α,β-unsaturated/α-hetero) is 2. The molecule has 0 saturated carbocycles. The number of hydrogen-bond donors (Lipinski definition) is 6. The predicted molar refractivity (Wildman–Crippen MR) is 197 cm³/mol. The van der Waals surface area contributed by atoms with E-state index in [-0.39, 0.29) is 56.1 Å². The lowest BCUT2D eigenvalue weighted by Crippen LogP contribution is -2.32. The van der Waals surface area contributed by atoms with Gasteiger partial charge in [-0.3, -0.25) is 48.0 Å². The van der Waals surface area contributed by atoms with Crippen molar-refractivity contribution in [2.75, 3.05) is 24.9 Å². The van der Waals surface area contributed by atoms with Gasteiger partial charge in [0.05, 0.1) is 58.8 Å². The summed E-state index contributed by atoms with van der Waals surface area (Å²) < 4.78 is 10.4. The van der Waals surface area contributed by atoms with E-state index in [1.807, 2.05) is 0 Å². The first-order chi connectivity index (χ1) is 27.6. The van der Waals surface area contributed by atoms with Crippen LogP contribution in [-0.4, -0.2) is 81.6 Å². The summed E-state index contributed by atoms with van der Waals surface area (Å²) in [5, 5.41) is 18.2. The van der Waals surface area contributed by atoms with Crippen LogP contribution in [0.5, 0.6) is 11.5 Å². The first-order valence-corrected chi connectivity index (χ1v) is 16.2. The molecule has 3 aromatic carbocycles. The molecule has 58 heavy (non-hydrogen) atoms. The Morgan fingerprint density at radius 2 is 0.845 bits per heavy atom. The number of benzene rings is 3. The molecule has 0 spiro atoms. The predicted octanol–water partition coefficient (Wildman–Crippen LogP) is 1.00. The fourth-order valence-corrected chi connectivity index (χ4v) is 4.93. The quantitative estimate of drug-likeness (QED) is 0.0395. The number of carbonyl (C=O) groups excluding carboxylic acids is 6. The van der Waals surface area contributed by atoms with Gasteiger partial charge in [-0.2, -0.15) is 0 Å². The van der Waals surface area contributed by atoms with Crippen LogP contribution in [0.2, 0.25) is 0 Å². The Labute approximate surface area is 320 Å². The van der Waals surface area contributed by atoms with E-state index >= 15 is 0 Å². The van der Waals surface area contributed by atoms with E-state index in [1.165, 1.54) is 38.5 Å². The number of nitrogens with zero attached hydrogens (tertiary/aromatic N) is 4. The monoisotopic (exact) mass is 800 g/mol. The van der Waals surface area contributed by atoms with Crippen molar-refractivity contribution in [3.63, 3.8) is 0 Å². The molecule has 0 radical (unpaired) electrons. The zero-order valence-electron chi connectivity index (χ0n) is 30.3. The minimum Gasteiger partial charge on any atom is -0.494 e. The van der Waals surface area contributed by atoms with Gasteiger partial charge in [-0.25, -0.2) is 9.59 Å². The highest BCUT2D eigenvalue weighted by Gasteiger charge is 2.27. The average Bonchev–Trinajstić information content (AvgIpc) is 3.18. The van der Waals surface area contributed by atoms with E-state index in [0.717, 1.165) is 38.1 Å². The molecule has 0 aliphatic rings. The molecule has 5 aromatic rings. The first-order valence-electron chi connectivity index (χ1n) is 16.2. The highest BCUT2D eigenvalue weighted by atomic mass is 16.7. The molecule has 2 aromatic heterocycles. The van der Waals surface area contributed by atoms with E-state index in [4.69, 9.17) is 19.1 Å². The van der Waals surface area contributed by atoms with Crippen LogP contribution in [0.25, 0.3) is 22.1 Å². The highest BCUT2D eigenvalue weighted by Crippen LogP contribution is 2.29. The van der Waals surface area contributed by atoms with Crippen molar-refractivity contribution in [1.82, 2.24) is 19.9 Å². The second-order valence-electron chi connectivity index (χ2n) is 11.7. The maximum absolute atomic E-state index is 12.9. The van der Waals surface area contributed by atoms with Gasteiger partial charge < -0.3 is 40.0 Å². The smallest absolute Gasteiger partial charge is 0.367 e. The molecule has 2 heterocycles. The summed E-state index contributed by atoms with van der Waals surface area (Å²) in [6.07, 6.45) is 0. The number of methoxy groups -OCH3 is 2. The summed E-state index contributed by atoms with van der Waals surface area (Å²) >= 11 is 0. The summed E-state index contributed by atoms with van der Waals surface area (Å²) in [7, 11) is 2.54. The highest BCUT2D eigenvalue weighted by molar-refractivity contribution is 6.12. The van der Waals surface area contributed by atoms with Crippen LogP contribution in [0.4, 0.5) is 11.4 Å². The van der Waals surface area contributed by atoms with Crippen LogP contribution in [-0.2, 0) is 28.9 Å². The van der Waals surface area contributed by atoms with Crippen LogP contribution in [0, 0.1) is 0 Å². The van der Waals surface area contributed by atoms with E-state index in [2.05, 4.69) is 51.4 Å². The molecule has 6 N–H and O–H groups in total. The lowest BCUT2D eigenvalue weighted by molar-refractivity contribution is -0.128. The molecule has 24 heteroatoms. The Hall–Kier alpha value is -8.44. The molecule has 2 amide bonds. The molecule has 24 nitrogen and oxygen atoms in total. The summed E-state index contributed by atoms with van der Waals surface area (Å²) in [6.45, 7) is 2.05. The third-order valence-electron chi connectivity index (χ3n) is 7.80. The fourth-order valence-electron chi connectivity index (χ4n) is 4.93. The number of aromatic nitrogens is 4. The minimum absolute atomic E-state index is 0.00933. The number of H-pyrrole nitrogens is 4. The standard InChI is InChI=1S/C34H28N10O14/c1-13(45)25(27(47)39-21-9-17-19(11-23(21)55-3)37-31(51)29(49)35-17)41-43-57-33(53)15-5-7-16(8-6-15)34(54)58-44-42-26(14(2)46)28(48)40-22-10-18-20(12-24(22)56-4)38-32(52)30(50)36-18/h5-12,25-26H,1-4H3,(H,35,49)(H,36,50)(H,37,51)(H,38,52)(H,39,47)(H,40,48)/b43-41+,44-42+. The number of ketones is 2. The molecule has 0 saturated heterocycles. The van der Waals surface area contributed by atoms with Crippen molar-refractivity contribution >= 4 is 68.8 Å². The molecular weight excluding hydrogens is 772 g/mol. The number of amides is 2. The maximum atomic E-state index is 12.9. The number of hydrogen-bond acceptors (Lipinski definition) is 18. The van der Waals surface area contributed by atoms with Gasteiger partial charge >= 0.3 is 34.2 Å². The summed E-state index contributed by atoms with van der Waals surface area (Å²) in [5.74, 6) is -5.76. The zero-order chi connectivity index (χ0) is 42.3. The second kappa shape index (κ2) is 17.4. The molecule has 0 fully saturated rings. The van der Waals surface area contributed by atoms with Crippen molar-refractivity contribution in [2.45, 2.75) is 25.9 Å². The maximum Gasteiger partial charge on any atom is 0.367 e. The molecule has 2 atom stereocenters. The number of carbonyl (C=O) groups is 6. The van der Waals surface area contributed by atoms with Gasteiger partial charge in [0.2, 0.25) is 12.1 Å². The SMILES string of the molecule is COc1cc2[nH]c(=O)c(=O)[nH]c2cc1NC(=O)C(/N=N/OC(=O)c1ccc(C(=O)O/N=N/C(C(C)=O)C(=O)Nc2cc3[nH]c(=O)c(=O)[nH]c3cc2OC)cc1)C(C)=O. The van der Waals surface area contributed by atoms with E-state index in [9.17, 15) is 47.9 Å². The van der Waals surface area contributed by atoms with Gasteiger partial charge in [0.25, 0.3) is 11.8 Å². The number of nitrogens with one attached hydrogen (secondary N) is 6. The molecule has 0 aliphatic heterocycles. The average molecular weight is 801 g/mol. The molecular formula is C34H28N10O14. The van der Waals surface area contributed by atoms with Gasteiger partial charge in [0.15, 0.2) is 11.6 Å². The minimum atomic E-state index is -1.80. The zero-order valence-corrected chi connectivity index (χ0v) is 30.3. The van der Waals surface area contributed by atoms with Crippen molar-refractivity contribution < 1.29 is 47.9 Å². The third-order valence-corrected chi connectivity index (χ3v) is 7.80. The van der Waals surface area contributed by atoms with Crippen molar-refractivity contribution in [1.29, 1.82) is 0 Å². The molecule has 0 bridgehead atoms. The van der Waals surface area contributed by atoms with Gasteiger partial charge in [-0.15, -0.1) is 10.2 Å². The van der Waals surface area contributed by atoms with Crippen molar-refractivity contribution in [2.24, 2.45) is 20.8 Å². The number of anilines is 2. The van der Waals surface area contributed by atoms with Gasteiger partial charge in [-0.1, -0.05) is 0 Å². The van der Waals surface area contributed by atoms with Gasteiger partial charge in [0, 0.05) is 22.7 Å². The van der Waals surface area contributed by atoms with Crippen LogP contribution in [0.3, 0.4) is 0 Å². The Morgan fingerprint density at radius 3 is 1.14 bits per heavy atom. The summed E-state index contributed by atoms with van der Waals surface area (Å²) in [4.78, 5) is 141. The number of fused-ring (bicyclic) bond motifs is 2. The fraction of sp³-hybridized carbons (Fsp3) is 0.176. The van der Waals surface area contributed by atoms with Crippen LogP contribution in [0.1, 0.15) is 34.6 Å². The molecule has 5 rings (SSSR count).